The van der Waals surface area contributed by atoms with E-state index in [4.69, 9.17) is 4.74 Å². The van der Waals surface area contributed by atoms with E-state index in [1.807, 2.05) is 0 Å². The van der Waals surface area contributed by atoms with Crippen molar-refractivity contribution in [2.45, 2.75) is 37.4 Å². The molecule has 1 aliphatic carbocycles. The summed E-state index contributed by atoms with van der Waals surface area (Å²) in [5, 5.41) is 0. The molecule has 2 aliphatic rings. The van der Waals surface area contributed by atoms with E-state index in [-0.39, 0.29) is 5.60 Å². The molecule has 3 rings (SSSR count). The van der Waals surface area contributed by atoms with E-state index < -0.39 is 0 Å². The van der Waals surface area contributed by atoms with Crippen molar-refractivity contribution in [3.8, 4) is 0 Å². The Morgan fingerprint density at radius 3 is 3.15 bits per heavy atom. The van der Waals surface area contributed by atoms with Crippen molar-refractivity contribution in [1.29, 1.82) is 0 Å². The lowest BCUT2D eigenvalue weighted by molar-refractivity contribution is 0.279. The summed E-state index contributed by atoms with van der Waals surface area (Å²) in [5.74, 6) is 0. The average Bonchev–Trinajstić information content (AvgIpc) is 2.74. The zero-order valence-electron chi connectivity index (χ0n) is 7.99. The molecule has 2 nitrogen and oxygen atoms in total. The van der Waals surface area contributed by atoms with Gasteiger partial charge in [-0.2, -0.15) is 0 Å². The lowest BCUT2D eigenvalue weighted by atomic mass is 9.87. The van der Waals surface area contributed by atoms with E-state index in [9.17, 15) is 0 Å². The fourth-order valence-electron chi connectivity index (χ4n) is 2.70. The standard InChI is InChI=1S/C11H15NO/c1-12-8-4-5-9(12)11-7-3-2-6-10(11)13-11/h4-5,8,10H,2-3,6-7H2,1H3. The minimum Gasteiger partial charge on any atom is -0.359 e. The van der Waals surface area contributed by atoms with Crippen LogP contribution in [-0.2, 0) is 17.4 Å². The van der Waals surface area contributed by atoms with Crippen LogP contribution in [-0.4, -0.2) is 10.7 Å². The van der Waals surface area contributed by atoms with Gasteiger partial charge in [0.05, 0.1) is 11.8 Å². The van der Waals surface area contributed by atoms with Crippen LogP contribution in [0.2, 0.25) is 0 Å². The van der Waals surface area contributed by atoms with Gasteiger partial charge in [-0.05, 0) is 31.4 Å². The van der Waals surface area contributed by atoms with Crippen LogP contribution in [0.3, 0.4) is 0 Å². The second kappa shape index (κ2) is 2.38. The highest BCUT2D eigenvalue weighted by atomic mass is 16.6. The highest BCUT2D eigenvalue weighted by Gasteiger charge is 2.59. The molecule has 1 aliphatic heterocycles. The smallest absolute Gasteiger partial charge is 0.134 e. The molecule has 2 atom stereocenters. The van der Waals surface area contributed by atoms with Crippen LogP contribution >= 0.6 is 0 Å². The number of epoxide rings is 1. The summed E-state index contributed by atoms with van der Waals surface area (Å²) in [6.45, 7) is 0. The van der Waals surface area contributed by atoms with E-state index in [0.29, 0.717) is 6.10 Å². The molecule has 2 heteroatoms. The number of nitrogens with zero attached hydrogens (tertiary/aromatic N) is 1. The Labute approximate surface area is 78.5 Å². The number of aryl methyl sites for hydroxylation is 1. The minimum atomic E-state index is 0.122. The molecule has 1 saturated heterocycles. The normalized spacial score (nSPS) is 37.2. The van der Waals surface area contributed by atoms with Crippen LogP contribution in [0.1, 0.15) is 31.4 Å². The lowest BCUT2D eigenvalue weighted by Crippen LogP contribution is -2.19. The van der Waals surface area contributed by atoms with Crippen molar-refractivity contribution in [1.82, 2.24) is 4.57 Å². The number of hydrogen-bond donors (Lipinski definition) is 0. The fourth-order valence-corrected chi connectivity index (χ4v) is 2.70. The molecule has 1 aromatic heterocycles. The van der Waals surface area contributed by atoms with E-state index in [1.165, 1.54) is 31.4 Å². The fraction of sp³-hybridized carbons (Fsp3) is 0.636. The third kappa shape index (κ3) is 0.923. The highest BCUT2D eigenvalue weighted by Crippen LogP contribution is 2.55. The predicted molar refractivity (Wildman–Crippen MR) is 50.4 cm³/mol. The number of aromatic nitrogens is 1. The molecule has 13 heavy (non-hydrogen) atoms. The van der Waals surface area contributed by atoms with Crippen molar-refractivity contribution >= 4 is 0 Å². The molecular weight excluding hydrogens is 162 g/mol. The first-order valence-corrected chi connectivity index (χ1v) is 5.12. The van der Waals surface area contributed by atoms with Gasteiger partial charge in [-0.15, -0.1) is 0 Å². The molecule has 1 saturated carbocycles. The first-order valence-electron chi connectivity index (χ1n) is 5.12. The SMILES string of the molecule is Cn1cccc1C12CCCCC1O2. The molecule has 0 spiro atoms. The van der Waals surface area contributed by atoms with Gasteiger partial charge in [0.2, 0.25) is 0 Å². The first-order chi connectivity index (χ1) is 6.33. The monoisotopic (exact) mass is 177 g/mol. The van der Waals surface area contributed by atoms with Crippen molar-refractivity contribution in [2.75, 3.05) is 0 Å². The zero-order valence-corrected chi connectivity index (χ0v) is 7.99. The van der Waals surface area contributed by atoms with Gasteiger partial charge < -0.3 is 9.30 Å². The van der Waals surface area contributed by atoms with Gasteiger partial charge in [0.1, 0.15) is 5.60 Å². The Morgan fingerprint density at radius 1 is 1.54 bits per heavy atom. The third-order valence-corrected chi connectivity index (χ3v) is 3.46. The van der Waals surface area contributed by atoms with Crippen LogP contribution in [0.25, 0.3) is 0 Å². The van der Waals surface area contributed by atoms with Crippen molar-refractivity contribution in [2.24, 2.45) is 7.05 Å². The lowest BCUT2D eigenvalue weighted by Gasteiger charge is -2.17. The Morgan fingerprint density at radius 2 is 2.46 bits per heavy atom. The van der Waals surface area contributed by atoms with Crippen LogP contribution in [0.5, 0.6) is 0 Å². The number of fused-ring (bicyclic) bond motifs is 1. The van der Waals surface area contributed by atoms with Gasteiger partial charge in [-0.1, -0.05) is 6.42 Å². The van der Waals surface area contributed by atoms with E-state index in [1.54, 1.807) is 0 Å². The molecule has 70 valence electrons. The minimum absolute atomic E-state index is 0.122. The van der Waals surface area contributed by atoms with Gasteiger partial charge in [0, 0.05) is 13.2 Å². The predicted octanol–water partition coefficient (Wildman–Crippen LogP) is 2.19. The summed E-state index contributed by atoms with van der Waals surface area (Å²) < 4.78 is 8.07. The Bertz CT molecular complexity index is 331. The largest absolute Gasteiger partial charge is 0.359 e. The van der Waals surface area contributed by atoms with Crippen LogP contribution in [0, 0.1) is 0 Å². The average molecular weight is 177 g/mol. The third-order valence-electron chi connectivity index (χ3n) is 3.46. The molecule has 0 amide bonds. The summed E-state index contributed by atoms with van der Waals surface area (Å²) in [5.41, 5.74) is 1.49. The summed E-state index contributed by atoms with van der Waals surface area (Å²) in [6, 6.07) is 4.31. The Hall–Kier alpha value is -0.760. The van der Waals surface area contributed by atoms with Gasteiger partial charge in [-0.25, -0.2) is 0 Å². The zero-order chi connectivity index (χ0) is 8.89. The van der Waals surface area contributed by atoms with E-state index >= 15 is 0 Å². The summed E-state index contributed by atoms with van der Waals surface area (Å²) in [7, 11) is 2.11. The molecule has 0 aromatic carbocycles. The molecule has 0 N–H and O–H groups in total. The maximum atomic E-state index is 5.87. The van der Waals surface area contributed by atoms with Gasteiger partial charge in [0.15, 0.2) is 0 Å². The molecule has 2 fully saturated rings. The van der Waals surface area contributed by atoms with Crippen molar-refractivity contribution in [3.63, 3.8) is 0 Å². The van der Waals surface area contributed by atoms with Crippen LogP contribution < -0.4 is 0 Å². The summed E-state index contributed by atoms with van der Waals surface area (Å²) in [4.78, 5) is 0. The van der Waals surface area contributed by atoms with Crippen molar-refractivity contribution in [3.05, 3.63) is 24.0 Å². The summed E-state index contributed by atoms with van der Waals surface area (Å²) in [6.07, 6.45) is 7.77. The van der Waals surface area contributed by atoms with E-state index in [2.05, 4.69) is 29.9 Å². The molecule has 0 bridgehead atoms. The molecule has 0 radical (unpaired) electrons. The highest BCUT2D eigenvalue weighted by molar-refractivity contribution is 5.25. The molecule has 2 heterocycles. The molecular formula is C11H15NO. The van der Waals surface area contributed by atoms with Crippen LogP contribution in [0.15, 0.2) is 18.3 Å². The second-order valence-electron chi connectivity index (χ2n) is 4.25. The number of ether oxygens (including phenoxy) is 1. The van der Waals surface area contributed by atoms with Crippen molar-refractivity contribution < 1.29 is 4.74 Å². The maximum absolute atomic E-state index is 5.87. The van der Waals surface area contributed by atoms with Crippen LogP contribution in [0.4, 0.5) is 0 Å². The van der Waals surface area contributed by atoms with Gasteiger partial charge in [-0.3, -0.25) is 0 Å². The van der Waals surface area contributed by atoms with E-state index in [0.717, 1.165) is 0 Å². The maximum Gasteiger partial charge on any atom is 0.134 e. The topological polar surface area (TPSA) is 17.5 Å². The summed E-state index contributed by atoms with van der Waals surface area (Å²) >= 11 is 0. The Kier molecular flexibility index (Phi) is 1.40. The second-order valence-corrected chi connectivity index (χ2v) is 4.25. The first kappa shape index (κ1) is 7.63. The number of hydrogen-bond acceptors (Lipinski definition) is 1. The molecule has 2 unspecified atom stereocenters. The molecule has 1 aromatic rings. The Balaban J connectivity index is 1.97. The number of rotatable bonds is 1. The van der Waals surface area contributed by atoms with Gasteiger partial charge in [0.25, 0.3) is 0 Å². The van der Waals surface area contributed by atoms with Gasteiger partial charge >= 0.3 is 0 Å². The quantitative estimate of drug-likeness (QED) is 0.601.